The molecule has 2 heterocycles. The summed E-state index contributed by atoms with van der Waals surface area (Å²) in [5.41, 5.74) is 5.61. The maximum atomic E-state index is 12.6. The second kappa shape index (κ2) is 8.89. The van der Waals surface area contributed by atoms with E-state index >= 15 is 0 Å². The topological polar surface area (TPSA) is 119 Å². The van der Waals surface area contributed by atoms with Gasteiger partial charge in [0.2, 0.25) is 5.91 Å². The van der Waals surface area contributed by atoms with E-state index in [0.29, 0.717) is 37.6 Å². The van der Waals surface area contributed by atoms with Crippen LogP contribution in [-0.4, -0.2) is 72.2 Å². The number of carbonyl (C=O) groups is 4. The third kappa shape index (κ3) is 4.70. The molecule has 0 bridgehead atoms. The van der Waals surface area contributed by atoms with Crippen LogP contribution in [0.5, 0.6) is 5.75 Å². The highest BCUT2D eigenvalue weighted by Crippen LogP contribution is 2.34. The Morgan fingerprint density at radius 2 is 1.93 bits per heavy atom. The number of nitrogens with zero attached hydrogens (tertiary/aromatic N) is 2. The average molecular weight is 405 g/mol. The summed E-state index contributed by atoms with van der Waals surface area (Å²) < 4.78 is 10.5. The van der Waals surface area contributed by atoms with Crippen LogP contribution in [0.2, 0.25) is 0 Å². The Kier molecular flexibility index (Phi) is 6.32. The molecule has 2 aliphatic heterocycles. The minimum absolute atomic E-state index is 0.176. The molecule has 3 rings (SSSR count). The van der Waals surface area contributed by atoms with E-state index in [1.807, 2.05) is 0 Å². The Morgan fingerprint density at radius 1 is 1.21 bits per heavy atom. The monoisotopic (exact) mass is 405 g/mol. The normalized spacial score (nSPS) is 18.6. The SMILES string of the molecule is NC(=O)COc1ccccc1/C=C1/SC(=O)N(CC(=O)N2CCOCC2)C1=O. The third-order valence-electron chi connectivity index (χ3n) is 4.11. The lowest BCUT2D eigenvalue weighted by molar-refractivity contribution is -0.139. The highest BCUT2D eigenvalue weighted by atomic mass is 32.2. The van der Waals surface area contributed by atoms with Crippen LogP contribution in [-0.2, 0) is 19.1 Å². The molecule has 10 heteroatoms. The van der Waals surface area contributed by atoms with Crippen molar-refractivity contribution in [3.63, 3.8) is 0 Å². The van der Waals surface area contributed by atoms with E-state index in [1.165, 1.54) is 6.08 Å². The Balaban J connectivity index is 1.72. The van der Waals surface area contributed by atoms with Gasteiger partial charge >= 0.3 is 0 Å². The first-order valence-corrected chi connectivity index (χ1v) is 9.38. The predicted molar refractivity (Wildman–Crippen MR) is 101 cm³/mol. The summed E-state index contributed by atoms with van der Waals surface area (Å²) in [6.07, 6.45) is 1.50. The fraction of sp³-hybridized carbons (Fsp3) is 0.333. The smallest absolute Gasteiger partial charge is 0.294 e. The minimum Gasteiger partial charge on any atom is -0.483 e. The van der Waals surface area contributed by atoms with Gasteiger partial charge in [0.1, 0.15) is 12.3 Å². The molecule has 148 valence electrons. The highest BCUT2D eigenvalue weighted by Gasteiger charge is 2.37. The van der Waals surface area contributed by atoms with Crippen LogP contribution >= 0.6 is 11.8 Å². The fourth-order valence-electron chi connectivity index (χ4n) is 2.71. The third-order valence-corrected chi connectivity index (χ3v) is 5.01. The van der Waals surface area contributed by atoms with Gasteiger partial charge in [-0.3, -0.25) is 24.1 Å². The van der Waals surface area contributed by atoms with Gasteiger partial charge in [0.05, 0.1) is 18.1 Å². The number of amides is 4. The molecule has 0 spiro atoms. The molecule has 1 aromatic rings. The number of morpholine rings is 1. The molecule has 2 N–H and O–H groups in total. The summed E-state index contributed by atoms with van der Waals surface area (Å²) in [7, 11) is 0. The van der Waals surface area contributed by atoms with Crippen molar-refractivity contribution in [3.05, 3.63) is 34.7 Å². The van der Waals surface area contributed by atoms with E-state index in [9.17, 15) is 19.2 Å². The molecule has 1 aromatic carbocycles. The van der Waals surface area contributed by atoms with Crippen molar-refractivity contribution in [1.29, 1.82) is 0 Å². The molecule has 0 unspecified atom stereocenters. The van der Waals surface area contributed by atoms with Gasteiger partial charge in [0, 0.05) is 18.7 Å². The molecule has 2 saturated heterocycles. The molecule has 0 saturated carbocycles. The number of imide groups is 1. The van der Waals surface area contributed by atoms with Gasteiger partial charge in [-0.1, -0.05) is 18.2 Å². The van der Waals surface area contributed by atoms with Crippen molar-refractivity contribution in [2.75, 3.05) is 39.5 Å². The number of thioether (sulfide) groups is 1. The summed E-state index contributed by atoms with van der Waals surface area (Å²) in [4.78, 5) is 50.8. The molecule has 0 aromatic heterocycles. The lowest BCUT2D eigenvalue weighted by Gasteiger charge is -2.28. The van der Waals surface area contributed by atoms with Crippen LogP contribution in [0.15, 0.2) is 29.2 Å². The number of nitrogens with two attached hydrogens (primary N) is 1. The maximum absolute atomic E-state index is 12.6. The number of primary amides is 1. The second-order valence-electron chi connectivity index (χ2n) is 6.05. The van der Waals surface area contributed by atoms with Gasteiger partial charge in [-0.05, 0) is 23.9 Å². The summed E-state index contributed by atoms with van der Waals surface area (Å²) in [6, 6.07) is 6.75. The van der Waals surface area contributed by atoms with Gasteiger partial charge < -0.3 is 20.1 Å². The molecule has 9 nitrogen and oxygen atoms in total. The van der Waals surface area contributed by atoms with Crippen LogP contribution in [0.4, 0.5) is 4.79 Å². The van der Waals surface area contributed by atoms with E-state index in [1.54, 1.807) is 29.2 Å². The largest absolute Gasteiger partial charge is 0.483 e. The van der Waals surface area contributed by atoms with Gasteiger partial charge in [0.25, 0.3) is 17.1 Å². The number of hydrogen-bond donors (Lipinski definition) is 1. The van der Waals surface area contributed by atoms with Crippen molar-refractivity contribution in [1.82, 2.24) is 9.80 Å². The molecule has 4 amide bonds. The lowest BCUT2D eigenvalue weighted by atomic mass is 10.2. The van der Waals surface area contributed by atoms with Gasteiger partial charge in [-0.25, -0.2) is 0 Å². The number of rotatable bonds is 6. The van der Waals surface area contributed by atoms with Crippen LogP contribution < -0.4 is 10.5 Å². The number of benzene rings is 1. The first-order valence-electron chi connectivity index (χ1n) is 8.56. The fourth-order valence-corrected chi connectivity index (χ4v) is 3.53. The van der Waals surface area contributed by atoms with Gasteiger partial charge in [-0.15, -0.1) is 0 Å². The van der Waals surface area contributed by atoms with Crippen LogP contribution in [0.3, 0.4) is 0 Å². The van der Waals surface area contributed by atoms with Crippen molar-refractivity contribution < 1.29 is 28.7 Å². The van der Waals surface area contributed by atoms with E-state index in [-0.39, 0.29) is 24.0 Å². The van der Waals surface area contributed by atoms with E-state index in [2.05, 4.69) is 0 Å². The molecule has 28 heavy (non-hydrogen) atoms. The zero-order valence-electron chi connectivity index (χ0n) is 15.0. The molecule has 0 radical (unpaired) electrons. The minimum atomic E-state index is -0.628. The molecular weight excluding hydrogens is 386 g/mol. The van der Waals surface area contributed by atoms with Crippen molar-refractivity contribution in [2.24, 2.45) is 5.73 Å². The van der Waals surface area contributed by atoms with Crippen LogP contribution in [0, 0.1) is 0 Å². The second-order valence-corrected chi connectivity index (χ2v) is 7.05. The lowest BCUT2D eigenvalue weighted by Crippen LogP contribution is -2.46. The van der Waals surface area contributed by atoms with E-state index in [0.717, 1.165) is 16.7 Å². The zero-order valence-corrected chi connectivity index (χ0v) is 15.8. The number of hydrogen-bond acceptors (Lipinski definition) is 7. The number of para-hydroxylation sites is 1. The molecule has 2 aliphatic rings. The Bertz CT molecular complexity index is 834. The van der Waals surface area contributed by atoms with Crippen LogP contribution in [0.25, 0.3) is 6.08 Å². The number of carbonyl (C=O) groups excluding carboxylic acids is 4. The summed E-state index contributed by atoms with van der Waals surface area (Å²) in [5.74, 6) is -1.10. The summed E-state index contributed by atoms with van der Waals surface area (Å²) in [6.45, 7) is 1.15. The maximum Gasteiger partial charge on any atom is 0.294 e. The summed E-state index contributed by atoms with van der Waals surface area (Å²) >= 11 is 0.754. The Labute approximate surface area is 165 Å². The summed E-state index contributed by atoms with van der Waals surface area (Å²) in [5, 5.41) is -0.506. The van der Waals surface area contributed by atoms with Crippen LogP contribution in [0.1, 0.15) is 5.56 Å². The quantitative estimate of drug-likeness (QED) is 0.682. The molecule has 2 fully saturated rings. The number of ether oxygens (including phenoxy) is 2. The van der Waals surface area contributed by atoms with E-state index < -0.39 is 17.1 Å². The zero-order chi connectivity index (χ0) is 20.1. The Morgan fingerprint density at radius 3 is 2.64 bits per heavy atom. The first-order chi connectivity index (χ1) is 13.5. The molecule has 0 aliphatic carbocycles. The standard InChI is InChI=1S/C18H19N3O6S/c19-15(22)11-27-13-4-2-1-3-12(13)9-14-17(24)21(18(25)28-14)10-16(23)20-5-7-26-8-6-20/h1-4,9H,5-8,10-11H2,(H2,19,22)/b14-9+. The van der Waals surface area contributed by atoms with E-state index in [4.69, 9.17) is 15.2 Å². The molecular formula is C18H19N3O6S. The van der Waals surface area contributed by atoms with Crippen molar-refractivity contribution in [2.45, 2.75) is 0 Å². The van der Waals surface area contributed by atoms with Gasteiger partial charge in [-0.2, -0.15) is 0 Å². The first kappa shape index (κ1) is 19.9. The van der Waals surface area contributed by atoms with Gasteiger partial charge in [0.15, 0.2) is 6.61 Å². The average Bonchev–Trinajstić information content (AvgIpc) is 2.95. The molecule has 0 atom stereocenters. The highest BCUT2D eigenvalue weighted by molar-refractivity contribution is 8.18. The Hall–Kier alpha value is -2.85. The van der Waals surface area contributed by atoms with Crippen molar-refractivity contribution >= 4 is 40.8 Å². The predicted octanol–water partition coefficient (Wildman–Crippen LogP) is 0.446. The van der Waals surface area contributed by atoms with Crippen molar-refractivity contribution in [3.8, 4) is 5.75 Å².